The van der Waals surface area contributed by atoms with E-state index in [1.54, 1.807) is 26.2 Å². The van der Waals surface area contributed by atoms with Crippen molar-refractivity contribution in [3.8, 4) is 17.2 Å². The lowest BCUT2D eigenvalue weighted by molar-refractivity contribution is -0.142. The predicted octanol–water partition coefficient (Wildman–Crippen LogP) is 3.06. The molecular weight excluding hydrogens is 424 g/mol. The molecule has 2 aliphatic rings. The summed E-state index contributed by atoms with van der Waals surface area (Å²) in [6.45, 7) is 2.18. The first-order valence-electron chi connectivity index (χ1n) is 11.1. The molecule has 2 aliphatic heterocycles. The molecule has 0 saturated carbocycles. The maximum atomic E-state index is 13.7. The van der Waals surface area contributed by atoms with Gasteiger partial charge in [-0.2, -0.15) is 0 Å². The van der Waals surface area contributed by atoms with E-state index < -0.39 is 6.04 Å². The van der Waals surface area contributed by atoms with Crippen LogP contribution in [-0.2, 0) is 14.3 Å². The molecule has 2 aromatic carbocycles. The number of carbonyl (C=O) groups is 2. The monoisotopic (exact) mass is 454 g/mol. The molecule has 4 rings (SSSR count). The van der Waals surface area contributed by atoms with Gasteiger partial charge in [0.2, 0.25) is 11.8 Å². The van der Waals surface area contributed by atoms with Gasteiger partial charge in [0.05, 0.1) is 46.5 Å². The van der Waals surface area contributed by atoms with Crippen LogP contribution in [-0.4, -0.2) is 64.3 Å². The molecule has 0 N–H and O–H groups in total. The summed E-state index contributed by atoms with van der Waals surface area (Å²) in [6, 6.07) is 12.4. The van der Waals surface area contributed by atoms with Crippen LogP contribution in [0, 0.1) is 5.92 Å². The van der Waals surface area contributed by atoms with Gasteiger partial charge in [-0.05, 0) is 48.4 Å². The van der Waals surface area contributed by atoms with Gasteiger partial charge in [0.15, 0.2) is 11.5 Å². The Hall–Kier alpha value is -3.26. The summed E-state index contributed by atoms with van der Waals surface area (Å²) >= 11 is 0. The van der Waals surface area contributed by atoms with Crippen LogP contribution in [0.4, 0.5) is 5.69 Å². The zero-order chi connectivity index (χ0) is 23.4. The molecule has 2 heterocycles. The fraction of sp³-hybridized carbons (Fsp3) is 0.440. The van der Waals surface area contributed by atoms with Gasteiger partial charge in [0.1, 0.15) is 5.75 Å². The maximum absolute atomic E-state index is 13.7. The Morgan fingerprint density at radius 3 is 2.27 bits per heavy atom. The average Bonchev–Trinajstić information content (AvgIpc) is 2.88. The number of methoxy groups -OCH3 is 3. The predicted molar refractivity (Wildman–Crippen MR) is 123 cm³/mol. The quantitative estimate of drug-likeness (QED) is 0.668. The number of anilines is 1. The minimum Gasteiger partial charge on any atom is -0.497 e. The number of nitrogens with zero attached hydrogens (tertiary/aromatic N) is 2. The van der Waals surface area contributed by atoms with E-state index in [9.17, 15) is 9.59 Å². The van der Waals surface area contributed by atoms with E-state index in [-0.39, 0.29) is 17.7 Å². The molecule has 8 heteroatoms. The lowest BCUT2D eigenvalue weighted by Crippen LogP contribution is -2.51. The van der Waals surface area contributed by atoms with Gasteiger partial charge in [-0.25, -0.2) is 0 Å². The van der Waals surface area contributed by atoms with Crippen LogP contribution in [0.3, 0.4) is 0 Å². The van der Waals surface area contributed by atoms with Crippen LogP contribution in [0.2, 0.25) is 0 Å². The molecule has 2 atom stereocenters. The fourth-order valence-corrected chi connectivity index (χ4v) is 4.63. The lowest BCUT2D eigenvalue weighted by atomic mass is 9.82. The molecular formula is C25H30N2O6. The Balaban J connectivity index is 1.78. The third-order valence-corrected chi connectivity index (χ3v) is 6.34. The van der Waals surface area contributed by atoms with Crippen molar-refractivity contribution in [3.05, 3.63) is 48.0 Å². The molecule has 33 heavy (non-hydrogen) atoms. The fourth-order valence-electron chi connectivity index (χ4n) is 4.63. The second-order valence-corrected chi connectivity index (χ2v) is 8.10. The number of piperidine rings is 1. The van der Waals surface area contributed by atoms with Gasteiger partial charge in [-0.15, -0.1) is 0 Å². The van der Waals surface area contributed by atoms with Crippen molar-refractivity contribution >= 4 is 17.5 Å². The van der Waals surface area contributed by atoms with Gasteiger partial charge < -0.3 is 28.7 Å². The van der Waals surface area contributed by atoms with Gasteiger partial charge in [0, 0.05) is 25.2 Å². The smallest absolute Gasteiger partial charge is 0.228 e. The van der Waals surface area contributed by atoms with E-state index in [0.717, 1.165) is 11.3 Å². The molecule has 2 fully saturated rings. The minimum absolute atomic E-state index is 0.0222. The van der Waals surface area contributed by atoms with E-state index in [4.69, 9.17) is 18.9 Å². The summed E-state index contributed by atoms with van der Waals surface area (Å²) in [5.41, 5.74) is 1.54. The normalized spacial score (nSPS) is 21.0. The number of benzene rings is 2. The summed E-state index contributed by atoms with van der Waals surface area (Å²) in [4.78, 5) is 30.5. The van der Waals surface area contributed by atoms with Crippen LogP contribution in [0.1, 0.15) is 24.4 Å². The highest BCUT2D eigenvalue weighted by Gasteiger charge is 2.43. The largest absolute Gasteiger partial charge is 0.497 e. The van der Waals surface area contributed by atoms with Crippen LogP contribution >= 0.6 is 0 Å². The first-order chi connectivity index (χ1) is 16.1. The van der Waals surface area contributed by atoms with Gasteiger partial charge in [-0.1, -0.05) is 6.07 Å². The van der Waals surface area contributed by atoms with Gasteiger partial charge >= 0.3 is 0 Å². The SMILES string of the molecule is COc1ccc(N2C(=O)CC[C@H](C(=O)N3CCOCC3)[C@@H]2c2ccc(OC)c(OC)c2)cc1. The van der Waals surface area contributed by atoms with E-state index in [0.29, 0.717) is 56.4 Å². The third-order valence-electron chi connectivity index (χ3n) is 6.34. The van der Waals surface area contributed by atoms with Crippen molar-refractivity contribution in [2.24, 2.45) is 5.92 Å². The lowest BCUT2D eigenvalue weighted by Gasteiger charge is -2.43. The number of amides is 2. The zero-order valence-corrected chi connectivity index (χ0v) is 19.3. The molecule has 0 aromatic heterocycles. The zero-order valence-electron chi connectivity index (χ0n) is 19.3. The number of carbonyl (C=O) groups excluding carboxylic acids is 2. The van der Waals surface area contributed by atoms with Gasteiger partial charge in [-0.3, -0.25) is 9.59 Å². The molecule has 0 unspecified atom stereocenters. The van der Waals surface area contributed by atoms with Crippen LogP contribution < -0.4 is 19.1 Å². The van der Waals surface area contributed by atoms with E-state index in [1.807, 2.05) is 47.4 Å². The maximum Gasteiger partial charge on any atom is 0.228 e. The Morgan fingerprint density at radius 1 is 0.939 bits per heavy atom. The summed E-state index contributed by atoms with van der Waals surface area (Å²) in [5, 5.41) is 0. The number of hydrogen-bond acceptors (Lipinski definition) is 6. The number of rotatable bonds is 6. The van der Waals surface area contributed by atoms with Crippen LogP contribution in [0.5, 0.6) is 17.2 Å². The summed E-state index contributed by atoms with van der Waals surface area (Å²) in [6.07, 6.45) is 0.789. The van der Waals surface area contributed by atoms with E-state index in [1.165, 1.54) is 0 Å². The Labute approximate surface area is 194 Å². The molecule has 176 valence electrons. The summed E-state index contributed by atoms with van der Waals surface area (Å²) in [5.74, 6) is 1.48. The topological polar surface area (TPSA) is 77.5 Å². The Kier molecular flexibility index (Phi) is 7.03. The highest BCUT2D eigenvalue weighted by Crippen LogP contribution is 2.43. The summed E-state index contributed by atoms with van der Waals surface area (Å²) < 4.78 is 21.6. The highest BCUT2D eigenvalue weighted by molar-refractivity contribution is 5.97. The second kappa shape index (κ2) is 10.1. The summed E-state index contributed by atoms with van der Waals surface area (Å²) in [7, 11) is 4.76. The van der Waals surface area contributed by atoms with Crippen molar-refractivity contribution in [3.63, 3.8) is 0 Å². The molecule has 2 saturated heterocycles. The van der Waals surface area contributed by atoms with E-state index >= 15 is 0 Å². The second-order valence-electron chi connectivity index (χ2n) is 8.10. The molecule has 0 spiro atoms. The molecule has 0 bridgehead atoms. The van der Waals surface area contributed by atoms with Gasteiger partial charge in [0.25, 0.3) is 0 Å². The molecule has 0 aliphatic carbocycles. The minimum atomic E-state index is -0.477. The van der Waals surface area contributed by atoms with Crippen molar-refractivity contribution in [1.82, 2.24) is 4.90 Å². The number of morpholine rings is 1. The van der Waals surface area contributed by atoms with Crippen molar-refractivity contribution in [2.45, 2.75) is 18.9 Å². The highest BCUT2D eigenvalue weighted by atomic mass is 16.5. The van der Waals surface area contributed by atoms with Crippen LogP contribution in [0.25, 0.3) is 0 Å². The number of hydrogen-bond donors (Lipinski definition) is 0. The average molecular weight is 455 g/mol. The Morgan fingerprint density at radius 2 is 1.64 bits per heavy atom. The number of ether oxygens (including phenoxy) is 4. The van der Waals surface area contributed by atoms with Crippen LogP contribution in [0.15, 0.2) is 42.5 Å². The molecule has 2 amide bonds. The first kappa shape index (κ1) is 22.9. The molecule has 2 aromatic rings. The van der Waals surface area contributed by atoms with Crippen molar-refractivity contribution in [2.75, 3.05) is 52.5 Å². The van der Waals surface area contributed by atoms with Crippen molar-refractivity contribution < 1.29 is 28.5 Å². The molecule has 0 radical (unpaired) electrons. The Bertz CT molecular complexity index is 987. The standard InChI is InChI=1S/C25H30N2O6/c1-30-19-7-5-18(6-8-19)27-23(28)11-9-20(25(29)26-12-14-33-15-13-26)24(27)17-4-10-21(31-2)22(16-17)32-3/h4-8,10,16,20,24H,9,11-15H2,1-3H3/t20-,24-/m0/s1. The molecule has 8 nitrogen and oxygen atoms in total. The van der Waals surface area contributed by atoms with E-state index in [2.05, 4.69) is 0 Å². The van der Waals surface area contributed by atoms with Crippen molar-refractivity contribution in [1.29, 1.82) is 0 Å². The first-order valence-corrected chi connectivity index (χ1v) is 11.1. The third kappa shape index (κ3) is 4.61.